The van der Waals surface area contributed by atoms with Crippen LogP contribution < -0.4 is 10.2 Å². The number of rotatable bonds is 5. The van der Waals surface area contributed by atoms with Gasteiger partial charge in [0, 0.05) is 60.4 Å². The number of nitrogens with one attached hydrogen (secondary N) is 1. The molecule has 2 aliphatic rings. The number of aryl methyl sites for hydroxylation is 1. The molecule has 4 rings (SSSR count). The topological polar surface area (TPSA) is 83.3 Å². The Labute approximate surface area is 168 Å². The molecule has 2 aromatic rings. The zero-order valence-electron chi connectivity index (χ0n) is 16.4. The van der Waals surface area contributed by atoms with E-state index >= 15 is 0 Å². The Morgan fingerprint density at radius 3 is 2.86 bits per heavy atom. The number of aliphatic hydroxyl groups excluding tert-OH is 1. The van der Waals surface area contributed by atoms with E-state index in [4.69, 9.17) is 0 Å². The van der Waals surface area contributed by atoms with Gasteiger partial charge in [-0.25, -0.2) is 0 Å². The van der Waals surface area contributed by atoms with Gasteiger partial charge in [-0.15, -0.1) is 0 Å². The molecule has 1 aliphatic heterocycles. The van der Waals surface area contributed by atoms with E-state index in [0.29, 0.717) is 18.7 Å². The van der Waals surface area contributed by atoms with E-state index < -0.39 is 6.10 Å². The van der Waals surface area contributed by atoms with Crippen LogP contribution in [0.4, 0.5) is 5.69 Å². The molecule has 1 aliphatic carbocycles. The first kappa shape index (κ1) is 19.1. The summed E-state index contributed by atoms with van der Waals surface area (Å²) in [5.74, 6) is -0.158. The Morgan fingerprint density at radius 1 is 1.43 bits per heavy atom. The van der Waals surface area contributed by atoms with Crippen molar-refractivity contribution in [3.05, 3.63) is 42.0 Å². The third-order valence-corrected chi connectivity index (χ3v) is 5.88. The van der Waals surface area contributed by atoms with E-state index in [0.717, 1.165) is 37.2 Å². The molecule has 2 fully saturated rings. The highest BCUT2D eigenvalue weighted by molar-refractivity contribution is 6.15. The standard InChI is InChI=1S/C20H26N5O2Si/c1-19(28)11-16(26)12-25(13-19)15-3-7-21-17(9-15)18(27)22-20(5-6-20)10-14-4-8-24(2)23-14/h3-4,7-9,16,26H,5-6,10-13H2,1-2H3,(H,22,27)/t16-,19+/m1/s1. The fourth-order valence-electron chi connectivity index (χ4n) is 4.03. The van der Waals surface area contributed by atoms with Crippen LogP contribution in [0.2, 0.25) is 5.04 Å². The summed E-state index contributed by atoms with van der Waals surface area (Å²) in [4.78, 5) is 19.2. The second kappa shape index (κ2) is 7.00. The minimum atomic E-state index is -0.408. The van der Waals surface area contributed by atoms with Crippen LogP contribution in [0.1, 0.15) is 42.4 Å². The highest BCUT2D eigenvalue weighted by Gasteiger charge is 2.45. The maximum Gasteiger partial charge on any atom is 0.270 e. The van der Waals surface area contributed by atoms with E-state index in [1.54, 1.807) is 10.9 Å². The first-order chi connectivity index (χ1) is 13.2. The van der Waals surface area contributed by atoms with Crippen molar-refractivity contribution < 1.29 is 9.90 Å². The summed E-state index contributed by atoms with van der Waals surface area (Å²) in [5.41, 5.74) is 2.08. The second-order valence-corrected chi connectivity index (χ2v) is 9.80. The molecule has 1 saturated heterocycles. The highest BCUT2D eigenvalue weighted by atomic mass is 28.1. The van der Waals surface area contributed by atoms with E-state index in [1.807, 2.05) is 31.4 Å². The van der Waals surface area contributed by atoms with Crippen LogP contribution in [0, 0.1) is 0 Å². The predicted octanol–water partition coefficient (Wildman–Crippen LogP) is 1.24. The lowest BCUT2D eigenvalue weighted by Crippen LogP contribution is -2.45. The number of carbonyl (C=O) groups is 1. The van der Waals surface area contributed by atoms with Gasteiger partial charge in [0.05, 0.1) is 11.8 Å². The van der Waals surface area contributed by atoms with E-state index in [-0.39, 0.29) is 16.5 Å². The fourth-order valence-corrected chi connectivity index (χ4v) is 4.46. The summed E-state index contributed by atoms with van der Waals surface area (Å²) in [7, 11) is 5.65. The van der Waals surface area contributed by atoms with Gasteiger partial charge in [0.1, 0.15) is 5.69 Å². The van der Waals surface area contributed by atoms with Crippen molar-refractivity contribution in [1.29, 1.82) is 0 Å². The summed E-state index contributed by atoms with van der Waals surface area (Å²) in [5, 5.41) is 17.6. The second-order valence-electron chi connectivity index (χ2n) is 8.59. The summed E-state index contributed by atoms with van der Waals surface area (Å²) >= 11 is 0. The number of anilines is 1. The van der Waals surface area contributed by atoms with Gasteiger partial charge in [0.25, 0.3) is 5.91 Å². The number of β-amino-alcohol motifs (C(OH)–C–C–N with tert-alkyl or cyclic N) is 1. The van der Waals surface area contributed by atoms with Gasteiger partial charge >= 0.3 is 0 Å². The minimum Gasteiger partial charge on any atom is -0.391 e. The summed E-state index contributed by atoms with van der Waals surface area (Å²) < 4.78 is 1.78. The summed E-state index contributed by atoms with van der Waals surface area (Å²) in [6.45, 7) is 3.38. The van der Waals surface area contributed by atoms with Crippen LogP contribution in [-0.2, 0) is 13.5 Å². The number of aromatic nitrogens is 3. The molecule has 28 heavy (non-hydrogen) atoms. The molecule has 0 bridgehead atoms. The number of pyridine rings is 1. The maximum atomic E-state index is 12.8. The number of nitrogens with zero attached hydrogens (tertiary/aromatic N) is 4. The van der Waals surface area contributed by atoms with Gasteiger partial charge in [0.2, 0.25) is 0 Å². The van der Waals surface area contributed by atoms with Crippen molar-refractivity contribution in [3.8, 4) is 0 Å². The zero-order valence-corrected chi connectivity index (χ0v) is 17.4. The number of aliphatic hydroxyl groups is 1. The fraction of sp³-hybridized carbons (Fsp3) is 0.550. The van der Waals surface area contributed by atoms with Crippen molar-refractivity contribution in [3.63, 3.8) is 0 Å². The average Bonchev–Trinajstić information content (AvgIpc) is 3.24. The van der Waals surface area contributed by atoms with Crippen LogP contribution in [-0.4, -0.2) is 60.8 Å². The minimum absolute atomic E-state index is 0.158. The van der Waals surface area contributed by atoms with Crippen LogP contribution in [0.5, 0.6) is 0 Å². The van der Waals surface area contributed by atoms with E-state index in [9.17, 15) is 9.90 Å². The zero-order chi connectivity index (χ0) is 19.9. The largest absolute Gasteiger partial charge is 0.391 e. The van der Waals surface area contributed by atoms with E-state index in [1.165, 1.54) is 0 Å². The van der Waals surface area contributed by atoms with Gasteiger partial charge < -0.3 is 15.3 Å². The third kappa shape index (κ3) is 4.28. The van der Waals surface area contributed by atoms with E-state index in [2.05, 4.69) is 37.5 Å². The molecule has 0 aromatic carbocycles. The van der Waals surface area contributed by atoms with Crippen molar-refractivity contribution in [2.45, 2.75) is 49.3 Å². The van der Waals surface area contributed by atoms with Crippen LogP contribution in [0.25, 0.3) is 0 Å². The van der Waals surface area contributed by atoms with Gasteiger partial charge in [-0.3, -0.25) is 14.5 Å². The highest BCUT2D eigenvalue weighted by Crippen LogP contribution is 2.39. The monoisotopic (exact) mass is 396 g/mol. The molecule has 1 saturated carbocycles. The Hall–Kier alpha value is -2.19. The normalized spacial score (nSPS) is 26.1. The van der Waals surface area contributed by atoms with Crippen molar-refractivity contribution in [2.24, 2.45) is 7.05 Å². The molecule has 1 amide bonds. The third-order valence-electron chi connectivity index (χ3n) is 5.52. The SMILES string of the molecule is Cn1ccc(CC2(NC(=O)c3cc(N4C[C@H](O)C[C@](C)([Si])C4)ccn3)CC2)n1. The molecule has 0 spiro atoms. The van der Waals surface area contributed by atoms with Crippen LogP contribution in [0.3, 0.4) is 0 Å². The Kier molecular flexibility index (Phi) is 4.79. The molecule has 8 heteroatoms. The lowest BCUT2D eigenvalue weighted by atomic mass is 9.96. The number of carbonyl (C=O) groups excluding carboxylic acids is 1. The van der Waals surface area contributed by atoms with Gasteiger partial charge in [0.15, 0.2) is 0 Å². The number of piperidine rings is 1. The first-order valence-electron chi connectivity index (χ1n) is 9.69. The first-order valence-corrected chi connectivity index (χ1v) is 10.2. The lowest BCUT2D eigenvalue weighted by molar-refractivity contribution is 0.0926. The molecule has 0 unspecified atom stereocenters. The molecule has 2 N–H and O–H groups in total. The maximum absolute atomic E-state index is 12.8. The predicted molar refractivity (Wildman–Crippen MR) is 108 cm³/mol. The Bertz CT molecular complexity index is 877. The molecular formula is C20H26N5O2Si. The smallest absolute Gasteiger partial charge is 0.270 e. The van der Waals surface area contributed by atoms with Crippen molar-refractivity contribution in [1.82, 2.24) is 20.1 Å². The summed E-state index contributed by atoms with van der Waals surface area (Å²) in [6, 6.07) is 5.69. The van der Waals surface area contributed by atoms with Crippen molar-refractivity contribution in [2.75, 3.05) is 18.0 Å². The quantitative estimate of drug-likeness (QED) is 0.743. The summed E-state index contributed by atoms with van der Waals surface area (Å²) in [6.07, 6.45) is 6.52. The number of amides is 1. The number of hydrogen-bond acceptors (Lipinski definition) is 5. The number of hydrogen-bond donors (Lipinski definition) is 2. The van der Waals surface area contributed by atoms with Gasteiger partial charge in [-0.2, -0.15) is 5.10 Å². The molecular weight excluding hydrogens is 370 g/mol. The van der Waals surface area contributed by atoms with Crippen LogP contribution in [0.15, 0.2) is 30.6 Å². The molecule has 3 radical (unpaired) electrons. The van der Waals surface area contributed by atoms with Gasteiger partial charge in [-0.05, 0) is 42.5 Å². The lowest BCUT2D eigenvalue weighted by Gasteiger charge is -2.42. The van der Waals surface area contributed by atoms with Crippen LogP contribution >= 0.6 is 0 Å². The molecule has 3 heterocycles. The molecule has 2 atom stereocenters. The molecule has 147 valence electrons. The average molecular weight is 397 g/mol. The molecule has 7 nitrogen and oxygen atoms in total. The Morgan fingerprint density at radius 2 is 2.21 bits per heavy atom. The van der Waals surface area contributed by atoms with Gasteiger partial charge in [-0.1, -0.05) is 6.92 Å². The molecule has 2 aromatic heterocycles. The van der Waals surface area contributed by atoms with Crippen molar-refractivity contribution >= 4 is 21.8 Å². The Balaban J connectivity index is 1.46.